The molecule has 1 fully saturated rings. The van der Waals surface area contributed by atoms with Crippen LogP contribution in [0.5, 0.6) is 5.88 Å². The molecule has 0 saturated heterocycles. The van der Waals surface area contributed by atoms with Gasteiger partial charge >= 0.3 is 5.69 Å². The SMILES string of the molecule is CC(C)(C)C(=O)N1CCn2c(c(O)n([C@H]3C[C@@H]3c3ccccc3)c2=O)C1. The first-order valence-corrected chi connectivity index (χ1v) is 9.16. The van der Waals surface area contributed by atoms with Gasteiger partial charge in [-0.2, -0.15) is 0 Å². The number of benzene rings is 1. The summed E-state index contributed by atoms with van der Waals surface area (Å²) in [6, 6.07) is 10.1. The molecular weight excluding hydrogens is 330 g/mol. The van der Waals surface area contributed by atoms with E-state index < -0.39 is 5.41 Å². The quantitative estimate of drug-likeness (QED) is 0.900. The average Bonchev–Trinajstić information content (AvgIpc) is 3.36. The van der Waals surface area contributed by atoms with Crippen LogP contribution in [0, 0.1) is 5.41 Å². The van der Waals surface area contributed by atoms with Crippen molar-refractivity contribution in [1.29, 1.82) is 0 Å². The van der Waals surface area contributed by atoms with Crippen molar-refractivity contribution in [3.63, 3.8) is 0 Å². The number of aromatic nitrogens is 2. The van der Waals surface area contributed by atoms with Crippen LogP contribution in [0.3, 0.4) is 0 Å². The maximum atomic E-state index is 12.8. The zero-order valence-corrected chi connectivity index (χ0v) is 15.5. The number of fused-ring (bicyclic) bond motifs is 1. The number of carbonyl (C=O) groups is 1. The minimum absolute atomic E-state index is 0.00484. The molecule has 1 amide bonds. The van der Waals surface area contributed by atoms with Gasteiger partial charge in [0.05, 0.1) is 6.54 Å². The zero-order chi connectivity index (χ0) is 18.6. The lowest BCUT2D eigenvalue weighted by atomic mass is 9.94. The highest BCUT2D eigenvalue weighted by molar-refractivity contribution is 5.81. The summed E-state index contributed by atoms with van der Waals surface area (Å²) in [5, 5.41) is 10.7. The first kappa shape index (κ1) is 16.9. The van der Waals surface area contributed by atoms with E-state index in [1.807, 2.05) is 39.0 Å². The van der Waals surface area contributed by atoms with Crippen molar-refractivity contribution in [2.75, 3.05) is 6.54 Å². The topological polar surface area (TPSA) is 67.5 Å². The number of imidazole rings is 1. The standard InChI is InChI=1S/C20H25N3O3/c1-20(2,3)18(25)21-9-10-22-16(12-21)17(24)23(19(22)26)15-11-14(15)13-7-5-4-6-8-13/h4-8,14-15,24H,9-12H2,1-3H3/t14-,15+/m1/s1. The Morgan fingerprint density at radius 3 is 2.50 bits per heavy atom. The second-order valence-corrected chi connectivity index (χ2v) is 8.37. The molecule has 0 bridgehead atoms. The van der Waals surface area contributed by atoms with Gasteiger partial charge in [-0.3, -0.25) is 13.9 Å². The highest BCUT2D eigenvalue weighted by Gasteiger charge is 2.44. The molecule has 6 heteroatoms. The van der Waals surface area contributed by atoms with E-state index in [1.165, 1.54) is 10.1 Å². The molecule has 2 aromatic rings. The molecular formula is C20H25N3O3. The highest BCUT2D eigenvalue weighted by atomic mass is 16.3. The van der Waals surface area contributed by atoms with Crippen molar-refractivity contribution < 1.29 is 9.90 Å². The Bertz CT molecular complexity index is 905. The van der Waals surface area contributed by atoms with Gasteiger partial charge in [-0.25, -0.2) is 4.79 Å². The maximum absolute atomic E-state index is 12.8. The molecule has 0 unspecified atom stereocenters. The molecule has 6 nitrogen and oxygen atoms in total. The molecule has 1 aliphatic heterocycles. The summed E-state index contributed by atoms with van der Waals surface area (Å²) in [6.45, 7) is 6.87. The van der Waals surface area contributed by atoms with Crippen molar-refractivity contribution in [1.82, 2.24) is 14.0 Å². The molecule has 4 rings (SSSR count). The number of carbonyl (C=O) groups excluding carboxylic acids is 1. The van der Waals surface area contributed by atoms with Crippen LogP contribution >= 0.6 is 0 Å². The highest BCUT2D eigenvalue weighted by Crippen LogP contribution is 2.52. The third kappa shape index (κ3) is 2.64. The summed E-state index contributed by atoms with van der Waals surface area (Å²) in [5.41, 5.74) is 1.11. The van der Waals surface area contributed by atoms with Crippen LogP contribution in [0.1, 0.15) is 50.4 Å². The third-order valence-electron chi connectivity index (χ3n) is 5.43. The molecule has 1 N–H and O–H groups in total. The molecule has 2 heterocycles. The minimum Gasteiger partial charge on any atom is -0.493 e. The van der Waals surface area contributed by atoms with E-state index in [0.29, 0.717) is 18.8 Å². The second-order valence-electron chi connectivity index (χ2n) is 8.37. The minimum atomic E-state index is -0.477. The Morgan fingerprint density at radius 2 is 1.85 bits per heavy atom. The normalized spacial score (nSPS) is 22.2. The first-order valence-electron chi connectivity index (χ1n) is 9.16. The number of hydrogen-bond acceptors (Lipinski definition) is 3. The number of aromatic hydroxyl groups is 1. The van der Waals surface area contributed by atoms with Crippen molar-refractivity contribution in [3.05, 3.63) is 52.1 Å². The molecule has 1 aromatic carbocycles. The predicted molar refractivity (Wildman–Crippen MR) is 98.1 cm³/mol. The fourth-order valence-electron chi connectivity index (χ4n) is 3.94. The first-order chi connectivity index (χ1) is 12.3. The lowest BCUT2D eigenvalue weighted by molar-refractivity contribution is -0.141. The van der Waals surface area contributed by atoms with E-state index >= 15 is 0 Å². The molecule has 138 valence electrons. The van der Waals surface area contributed by atoms with Gasteiger partial charge in [0.1, 0.15) is 5.69 Å². The smallest absolute Gasteiger partial charge is 0.331 e. The third-order valence-corrected chi connectivity index (χ3v) is 5.43. The van der Waals surface area contributed by atoms with E-state index in [4.69, 9.17) is 0 Å². The Morgan fingerprint density at radius 1 is 1.15 bits per heavy atom. The largest absolute Gasteiger partial charge is 0.493 e. The lowest BCUT2D eigenvalue weighted by Crippen LogP contribution is -2.45. The maximum Gasteiger partial charge on any atom is 0.331 e. The van der Waals surface area contributed by atoms with Gasteiger partial charge in [0.15, 0.2) is 0 Å². The van der Waals surface area contributed by atoms with Crippen LogP contribution in [0.4, 0.5) is 0 Å². The molecule has 1 saturated carbocycles. The summed E-state index contributed by atoms with van der Waals surface area (Å²) in [6.07, 6.45) is 0.853. The van der Waals surface area contributed by atoms with Crippen LogP contribution in [-0.2, 0) is 17.9 Å². The predicted octanol–water partition coefficient (Wildman–Crippen LogP) is 2.47. The zero-order valence-electron chi connectivity index (χ0n) is 15.5. The van der Waals surface area contributed by atoms with Gasteiger partial charge in [0.25, 0.3) is 0 Å². The number of hydrogen-bond donors (Lipinski definition) is 1. The number of nitrogens with zero attached hydrogens (tertiary/aromatic N) is 3. The molecule has 1 aliphatic carbocycles. The van der Waals surface area contributed by atoms with E-state index in [9.17, 15) is 14.7 Å². The Balaban J connectivity index is 1.63. The van der Waals surface area contributed by atoms with E-state index in [1.54, 1.807) is 9.47 Å². The molecule has 0 radical (unpaired) electrons. The molecule has 2 aliphatic rings. The lowest BCUT2D eigenvalue weighted by Gasteiger charge is -2.32. The van der Waals surface area contributed by atoms with E-state index in [2.05, 4.69) is 12.1 Å². The monoisotopic (exact) mass is 355 g/mol. The van der Waals surface area contributed by atoms with Crippen molar-refractivity contribution in [3.8, 4) is 5.88 Å². The molecule has 0 spiro atoms. The van der Waals surface area contributed by atoms with Crippen LogP contribution in [0.15, 0.2) is 35.1 Å². The van der Waals surface area contributed by atoms with Crippen LogP contribution < -0.4 is 5.69 Å². The molecule has 1 aromatic heterocycles. The number of amides is 1. The fraction of sp³-hybridized carbons (Fsp3) is 0.500. The van der Waals surface area contributed by atoms with E-state index in [-0.39, 0.29) is 36.0 Å². The summed E-state index contributed by atoms with van der Waals surface area (Å²) in [4.78, 5) is 27.1. The van der Waals surface area contributed by atoms with Gasteiger partial charge in [-0.15, -0.1) is 0 Å². The van der Waals surface area contributed by atoms with E-state index in [0.717, 1.165) is 6.42 Å². The van der Waals surface area contributed by atoms with Crippen molar-refractivity contribution in [2.24, 2.45) is 5.41 Å². The fourth-order valence-corrected chi connectivity index (χ4v) is 3.94. The summed E-state index contributed by atoms with van der Waals surface area (Å²) in [7, 11) is 0. The van der Waals surface area contributed by atoms with Gasteiger partial charge in [-0.1, -0.05) is 51.1 Å². The summed E-state index contributed by atoms with van der Waals surface area (Å²) < 4.78 is 3.15. The summed E-state index contributed by atoms with van der Waals surface area (Å²) >= 11 is 0. The Hall–Kier alpha value is -2.50. The number of rotatable bonds is 2. The Labute approximate surface area is 152 Å². The molecule has 26 heavy (non-hydrogen) atoms. The van der Waals surface area contributed by atoms with Crippen LogP contribution in [0.25, 0.3) is 0 Å². The van der Waals surface area contributed by atoms with Crippen molar-refractivity contribution >= 4 is 5.91 Å². The van der Waals surface area contributed by atoms with Gasteiger partial charge in [0.2, 0.25) is 11.8 Å². The molecule has 2 atom stereocenters. The second kappa shape index (κ2) is 5.76. The van der Waals surface area contributed by atoms with Crippen LogP contribution in [-0.4, -0.2) is 31.6 Å². The Kier molecular flexibility index (Phi) is 3.75. The van der Waals surface area contributed by atoms with Crippen LogP contribution in [0.2, 0.25) is 0 Å². The average molecular weight is 355 g/mol. The van der Waals surface area contributed by atoms with Crippen molar-refractivity contribution in [2.45, 2.75) is 52.2 Å². The summed E-state index contributed by atoms with van der Waals surface area (Å²) in [5.74, 6) is 0.318. The van der Waals surface area contributed by atoms with Gasteiger partial charge in [0, 0.05) is 30.5 Å². The van der Waals surface area contributed by atoms with Gasteiger partial charge in [-0.05, 0) is 12.0 Å². The van der Waals surface area contributed by atoms with Gasteiger partial charge < -0.3 is 10.0 Å².